The van der Waals surface area contributed by atoms with Crippen molar-refractivity contribution in [3.8, 4) is 22.5 Å². The Balaban J connectivity index is 1.80. The molecule has 3 N–H and O–H groups in total. The Morgan fingerprint density at radius 3 is 2.50 bits per heavy atom. The highest BCUT2D eigenvalue weighted by atomic mass is 19.4. The van der Waals surface area contributed by atoms with Gasteiger partial charge in [0.1, 0.15) is 5.56 Å². The lowest BCUT2D eigenvalue weighted by Gasteiger charge is -2.13. The Morgan fingerprint density at radius 1 is 1.03 bits per heavy atom. The van der Waals surface area contributed by atoms with Gasteiger partial charge in [-0.2, -0.15) is 13.2 Å². The number of hydrogen-bond acceptors (Lipinski definition) is 5. The zero-order chi connectivity index (χ0) is 24.3. The van der Waals surface area contributed by atoms with E-state index in [0.717, 1.165) is 23.8 Å². The summed E-state index contributed by atoms with van der Waals surface area (Å²) in [4.78, 5) is 34.8. The number of anilines is 1. The normalized spacial score (nSPS) is 11.3. The van der Waals surface area contributed by atoms with E-state index in [1.54, 1.807) is 0 Å². The molecule has 0 saturated carbocycles. The molecule has 7 nitrogen and oxygen atoms in total. The summed E-state index contributed by atoms with van der Waals surface area (Å²) >= 11 is 0. The van der Waals surface area contributed by atoms with Crippen LogP contribution in [0.2, 0.25) is 0 Å². The van der Waals surface area contributed by atoms with Crippen LogP contribution in [0.15, 0.2) is 77.7 Å². The van der Waals surface area contributed by atoms with Crippen LogP contribution in [0.4, 0.5) is 19.1 Å². The van der Waals surface area contributed by atoms with E-state index in [2.05, 4.69) is 20.3 Å². The van der Waals surface area contributed by atoms with Crippen LogP contribution < -0.4 is 10.9 Å². The van der Waals surface area contributed by atoms with Gasteiger partial charge in [0.15, 0.2) is 0 Å². The lowest BCUT2D eigenvalue weighted by Crippen LogP contribution is -2.19. The van der Waals surface area contributed by atoms with E-state index in [4.69, 9.17) is 0 Å². The first-order chi connectivity index (χ1) is 16.2. The number of H-pyrrole nitrogens is 1. The topological polar surface area (TPSA) is 108 Å². The molecule has 0 unspecified atom stereocenters. The van der Waals surface area contributed by atoms with Crippen LogP contribution in [0.25, 0.3) is 22.5 Å². The van der Waals surface area contributed by atoms with E-state index in [1.807, 2.05) is 30.3 Å². The summed E-state index contributed by atoms with van der Waals surface area (Å²) in [6.07, 6.45) is -3.17. The Hall–Kier alpha value is -4.47. The first-order valence-corrected chi connectivity index (χ1v) is 10.0. The van der Waals surface area contributed by atoms with Gasteiger partial charge in [0.25, 0.3) is 5.56 Å². The standard InChI is InChI=1S/C24H17F3N4O3/c25-24(26,27)16-8-4-7-15(11-16)20-17(12-18(22(33)34)21(32)31-20)19-9-10-28-23(30-19)29-13-14-5-2-1-3-6-14/h1-12H,13H2,(H,31,32)(H,33,34)(H,28,29,30). The maximum Gasteiger partial charge on any atom is 0.416 e. The number of carboxylic acids is 1. The molecular formula is C24H17F3N4O3. The van der Waals surface area contributed by atoms with Crippen LogP contribution in [0.3, 0.4) is 0 Å². The van der Waals surface area contributed by atoms with E-state index < -0.39 is 28.8 Å². The van der Waals surface area contributed by atoms with Crippen LogP contribution in [0, 0.1) is 0 Å². The molecule has 2 aromatic heterocycles. The van der Waals surface area contributed by atoms with Crippen LogP contribution in [0.5, 0.6) is 0 Å². The van der Waals surface area contributed by atoms with E-state index in [9.17, 15) is 27.9 Å². The first kappa shape index (κ1) is 22.7. The number of alkyl halides is 3. The number of carbonyl (C=O) groups is 1. The van der Waals surface area contributed by atoms with Gasteiger partial charge in [-0.15, -0.1) is 0 Å². The molecule has 0 radical (unpaired) electrons. The third-order valence-corrected chi connectivity index (χ3v) is 4.98. The fraction of sp³-hybridized carbons (Fsp3) is 0.0833. The predicted octanol–water partition coefficient (Wildman–Crippen LogP) is 4.83. The summed E-state index contributed by atoms with van der Waals surface area (Å²) in [5, 5.41) is 12.4. The Morgan fingerprint density at radius 2 is 1.79 bits per heavy atom. The van der Waals surface area contributed by atoms with Crippen molar-refractivity contribution >= 4 is 11.9 Å². The van der Waals surface area contributed by atoms with Gasteiger partial charge in [-0.25, -0.2) is 14.8 Å². The van der Waals surface area contributed by atoms with Gasteiger partial charge < -0.3 is 15.4 Å². The maximum absolute atomic E-state index is 13.3. The molecule has 0 aliphatic heterocycles. The number of aromatic amines is 1. The van der Waals surface area contributed by atoms with Gasteiger partial charge >= 0.3 is 12.1 Å². The van der Waals surface area contributed by atoms with Gasteiger partial charge in [0, 0.05) is 18.3 Å². The predicted molar refractivity (Wildman–Crippen MR) is 119 cm³/mol. The molecule has 0 aliphatic carbocycles. The molecule has 34 heavy (non-hydrogen) atoms. The highest BCUT2D eigenvalue weighted by Crippen LogP contribution is 2.34. The Kier molecular flexibility index (Phi) is 6.13. The number of aromatic carboxylic acids is 1. The van der Waals surface area contributed by atoms with E-state index >= 15 is 0 Å². The van der Waals surface area contributed by atoms with Gasteiger partial charge in [-0.05, 0) is 35.4 Å². The van der Waals surface area contributed by atoms with Crippen molar-refractivity contribution in [2.75, 3.05) is 5.32 Å². The van der Waals surface area contributed by atoms with Crippen molar-refractivity contribution < 1.29 is 23.1 Å². The zero-order valence-corrected chi connectivity index (χ0v) is 17.4. The molecule has 0 saturated heterocycles. The summed E-state index contributed by atoms with van der Waals surface area (Å²) in [7, 11) is 0. The number of hydrogen-bond donors (Lipinski definition) is 3. The third-order valence-electron chi connectivity index (χ3n) is 4.98. The van der Waals surface area contributed by atoms with Crippen molar-refractivity contribution in [1.29, 1.82) is 0 Å². The van der Waals surface area contributed by atoms with Gasteiger partial charge in [0.2, 0.25) is 5.95 Å². The second-order valence-corrected chi connectivity index (χ2v) is 7.29. The van der Waals surface area contributed by atoms with Crippen molar-refractivity contribution in [3.63, 3.8) is 0 Å². The third kappa shape index (κ3) is 4.96. The quantitative estimate of drug-likeness (QED) is 0.376. The Bertz CT molecular complexity index is 1400. The van der Waals surface area contributed by atoms with E-state index in [0.29, 0.717) is 6.54 Å². The molecule has 0 fully saturated rings. The minimum atomic E-state index is -4.60. The first-order valence-electron chi connectivity index (χ1n) is 10.0. The SMILES string of the molecule is O=C(O)c1cc(-c2ccnc(NCc3ccccc3)n2)c(-c2cccc(C(F)(F)F)c2)[nH]c1=O. The number of benzene rings is 2. The highest BCUT2D eigenvalue weighted by Gasteiger charge is 2.31. The summed E-state index contributed by atoms with van der Waals surface area (Å²) in [5.74, 6) is -1.26. The van der Waals surface area contributed by atoms with Gasteiger partial charge in [-0.3, -0.25) is 4.79 Å². The molecule has 10 heteroatoms. The fourth-order valence-corrected chi connectivity index (χ4v) is 3.34. The smallest absolute Gasteiger partial charge is 0.416 e. The molecule has 4 aromatic rings. The molecule has 0 aliphatic rings. The number of nitrogens with zero attached hydrogens (tertiary/aromatic N) is 2. The maximum atomic E-state index is 13.3. The summed E-state index contributed by atoms with van der Waals surface area (Å²) in [5.41, 5.74) is -1.03. The number of aromatic nitrogens is 3. The summed E-state index contributed by atoms with van der Waals surface area (Å²) in [6.45, 7) is 0.413. The van der Waals surface area contributed by atoms with Crippen LogP contribution in [-0.4, -0.2) is 26.0 Å². The molecule has 2 heterocycles. The minimum Gasteiger partial charge on any atom is -0.477 e. The second kappa shape index (κ2) is 9.18. The van der Waals surface area contributed by atoms with Crippen molar-refractivity contribution in [1.82, 2.24) is 15.0 Å². The number of carboxylic acid groups (broad SMARTS) is 1. The van der Waals surface area contributed by atoms with Crippen molar-refractivity contribution in [2.24, 2.45) is 0 Å². The second-order valence-electron chi connectivity index (χ2n) is 7.29. The number of nitrogens with one attached hydrogen (secondary N) is 2. The largest absolute Gasteiger partial charge is 0.477 e. The molecule has 4 rings (SSSR count). The summed E-state index contributed by atoms with van der Waals surface area (Å²) in [6, 6.07) is 16.4. The molecule has 2 aromatic carbocycles. The molecule has 0 bridgehead atoms. The molecule has 172 valence electrons. The van der Waals surface area contributed by atoms with Crippen LogP contribution in [0.1, 0.15) is 21.5 Å². The van der Waals surface area contributed by atoms with Crippen LogP contribution in [-0.2, 0) is 12.7 Å². The van der Waals surface area contributed by atoms with Crippen molar-refractivity contribution in [3.05, 3.63) is 100.0 Å². The van der Waals surface area contributed by atoms with E-state index in [1.165, 1.54) is 24.4 Å². The lowest BCUT2D eigenvalue weighted by molar-refractivity contribution is -0.137. The molecule has 0 amide bonds. The average Bonchev–Trinajstić information content (AvgIpc) is 2.83. The van der Waals surface area contributed by atoms with Crippen LogP contribution >= 0.6 is 0 Å². The monoisotopic (exact) mass is 466 g/mol. The lowest BCUT2D eigenvalue weighted by atomic mass is 9.99. The molecular weight excluding hydrogens is 449 g/mol. The van der Waals surface area contributed by atoms with Crippen molar-refractivity contribution in [2.45, 2.75) is 12.7 Å². The highest BCUT2D eigenvalue weighted by molar-refractivity contribution is 5.91. The fourth-order valence-electron chi connectivity index (χ4n) is 3.34. The molecule has 0 spiro atoms. The zero-order valence-electron chi connectivity index (χ0n) is 17.4. The summed E-state index contributed by atoms with van der Waals surface area (Å²) < 4.78 is 39.8. The van der Waals surface area contributed by atoms with Gasteiger partial charge in [0.05, 0.1) is 17.0 Å². The minimum absolute atomic E-state index is 0.00816. The Labute approximate surface area is 191 Å². The van der Waals surface area contributed by atoms with Gasteiger partial charge in [-0.1, -0.05) is 42.5 Å². The number of pyridine rings is 1. The van der Waals surface area contributed by atoms with E-state index in [-0.39, 0.29) is 28.5 Å². The number of rotatable bonds is 6. The number of halogens is 3. The average molecular weight is 466 g/mol. The molecule has 0 atom stereocenters.